The van der Waals surface area contributed by atoms with Crippen LogP contribution in [-0.4, -0.2) is 18.0 Å². The molecule has 0 aromatic carbocycles. The molecule has 1 rings (SSSR count). The van der Waals surface area contributed by atoms with Crippen LogP contribution < -0.4 is 0 Å². The fourth-order valence-corrected chi connectivity index (χ4v) is 0.924. The van der Waals surface area contributed by atoms with Crippen LogP contribution in [0.15, 0.2) is 12.8 Å². The minimum Gasteiger partial charge on any atom is -0.378 e. The molecule has 0 saturated carbocycles. The summed E-state index contributed by atoms with van der Waals surface area (Å²) in [4.78, 5) is 2.25. The maximum absolute atomic E-state index is 3.67. The van der Waals surface area contributed by atoms with Gasteiger partial charge in [0.25, 0.3) is 0 Å². The SMILES string of the molecule is C=CN1CCCC1.CC. The van der Waals surface area contributed by atoms with Crippen LogP contribution in [-0.2, 0) is 0 Å². The second-order valence-electron chi connectivity index (χ2n) is 1.93. The van der Waals surface area contributed by atoms with Gasteiger partial charge in [-0.2, -0.15) is 0 Å². The first-order valence-corrected chi connectivity index (χ1v) is 3.80. The van der Waals surface area contributed by atoms with E-state index in [1.807, 2.05) is 20.0 Å². The summed E-state index contributed by atoms with van der Waals surface area (Å²) in [6, 6.07) is 0. The topological polar surface area (TPSA) is 3.24 Å². The van der Waals surface area contributed by atoms with E-state index in [-0.39, 0.29) is 0 Å². The molecule has 0 aliphatic carbocycles. The van der Waals surface area contributed by atoms with Gasteiger partial charge in [-0.15, -0.1) is 0 Å². The van der Waals surface area contributed by atoms with Gasteiger partial charge < -0.3 is 4.90 Å². The summed E-state index contributed by atoms with van der Waals surface area (Å²) in [5.41, 5.74) is 0. The highest BCUT2D eigenvalue weighted by molar-refractivity contribution is 4.75. The number of hydrogen-bond acceptors (Lipinski definition) is 1. The number of hydrogen-bond donors (Lipinski definition) is 0. The van der Waals surface area contributed by atoms with Crippen molar-refractivity contribution in [3.05, 3.63) is 12.8 Å². The molecule has 1 fully saturated rings. The highest BCUT2D eigenvalue weighted by Crippen LogP contribution is 2.05. The van der Waals surface area contributed by atoms with E-state index in [9.17, 15) is 0 Å². The zero-order chi connectivity index (χ0) is 7.11. The van der Waals surface area contributed by atoms with Crippen molar-refractivity contribution in [3.63, 3.8) is 0 Å². The summed E-state index contributed by atoms with van der Waals surface area (Å²) in [6.45, 7) is 10.1. The average Bonchev–Trinajstić information content (AvgIpc) is 2.43. The third-order valence-electron chi connectivity index (χ3n) is 1.40. The molecule has 1 heterocycles. The summed E-state index contributed by atoms with van der Waals surface area (Å²) in [6.07, 6.45) is 4.63. The van der Waals surface area contributed by atoms with E-state index in [4.69, 9.17) is 0 Å². The fourth-order valence-electron chi connectivity index (χ4n) is 0.924. The lowest BCUT2D eigenvalue weighted by Gasteiger charge is -2.07. The molecule has 0 spiro atoms. The van der Waals surface area contributed by atoms with Crippen LogP contribution in [0.1, 0.15) is 26.7 Å². The van der Waals surface area contributed by atoms with Gasteiger partial charge in [-0.25, -0.2) is 0 Å². The van der Waals surface area contributed by atoms with Crippen LogP contribution in [0.4, 0.5) is 0 Å². The van der Waals surface area contributed by atoms with Crippen molar-refractivity contribution in [1.29, 1.82) is 0 Å². The van der Waals surface area contributed by atoms with E-state index in [1.165, 1.54) is 25.9 Å². The Morgan fingerprint density at radius 1 is 1.22 bits per heavy atom. The van der Waals surface area contributed by atoms with Crippen molar-refractivity contribution in [2.45, 2.75) is 26.7 Å². The number of rotatable bonds is 1. The number of nitrogens with zero attached hydrogens (tertiary/aromatic N) is 1. The molecule has 1 nitrogen and oxygen atoms in total. The standard InChI is InChI=1S/C6H11N.C2H6/c1-2-7-5-3-4-6-7;1-2/h2H,1,3-6H2;1-2H3. The summed E-state index contributed by atoms with van der Waals surface area (Å²) in [5, 5.41) is 0. The molecule has 0 radical (unpaired) electrons. The molecule has 0 N–H and O–H groups in total. The molecule has 1 heteroatoms. The van der Waals surface area contributed by atoms with Gasteiger partial charge in [0.15, 0.2) is 0 Å². The Kier molecular flexibility index (Phi) is 5.38. The summed E-state index contributed by atoms with van der Waals surface area (Å²) < 4.78 is 0. The minimum absolute atomic E-state index is 1.23. The van der Waals surface area contributed by atoms with Gasteiger partial charge in [0, 0.05) is 13.1 Å². The van der Waals surface area contributed by atoms with Crippen molar-refractivity contribution in [1.82, 2.24) is 4.90 Å². The Morgan fingerprint density at radius 2 is 1.67 bits per heavy atom. The Hall–Kier alpha value is -0.460. The maximum Gasteiger partial charge on any atom is 0.0172 e. The lowest BCUT2D eigenvalue weighted by molar-refractivity contribution is 0.469. The number of likely N-dealkylation sites (tertiary alicyclic amines) is 1. The normalized spacial score (nSPS) is 16.4. The van der Waals surface area contributed by atoms with E-state index < -0.39 is 0 Å². The first kappa shape index (κ1) is 8.54. The van der Waals surface area contributed by atoms with E-state index in [0.29, 0.717) is 0 Å². The Balaban J connectivity index is 0.000000291. The van der Waals surface area contributed by atoms with Gasteiger partial charge in [-0.1, -0.05) is 20.4 Å². The smallest absolute Gasteiger partial charge is 0.0172 e. The minimum atomic E-state index is 1.23. The van der Waals surface area contributed by atoms with Crippen LogP contribution in [0, 0.1) is 0 Å². The van der Waals surface area contributed by atoms with Crippen molar-refractivity contribution in [3.8, 4) is 0 Å². The molecular formula is C8H17N. The Morgan fingerprint density at radius 3 is 1.89 bits per heavy atom. The predicted octanol–water partition coefficient (Wildman–Crippen LogP) is 2.25. The first-order chi connectivity index (χ1) is 4.43. The lowest BCUT2D eigenvalue weighted by Crippen LogP contribution is -2.08. The third kappa shape index (κ3) is 3.17. The molecule has 54 valence electrons. The molecule has 0 atom stereocenters. The second kappa shape index (κ2) is 5.67. The maximum atomic E-state index is 3.67. The van der Waals surface area contributed by atoms with Gasteiger partial charge in [0.05, 0.1) is 0 Å². The van der Waals surface area contributed by atoms with Crippen LogP contribution in [0.5, 0.6) is 0 Å². The Labute approximate surface area is 58.4 Å². The van der Waals surface area contributed by atoms with E-state index in [2.05, 4.69) is 11.5 Å². The summed E-state index contributed by atoms with van der Waals surface area (Å²) >= 11 is 0. The van der Waals surface area contributed by atoms with Crippen LogP contribution >= 0.6 is 0 Å². The van der Waals surface area contributed by atoms with Gasteiger partial charge in [0.2, 0.25) is 0 Å². The first-order valence-electron chi connectivity index (χ1n) is 3.80. The van der Waals surface area contributed by atoms with Gasteiger partial charge in [-0.05, 0) is 19.0 Å². The van der Waals surface area contributed by atoms with Crippen LogP contribution in [0.25, 0.3) is 0 Å². The summed E-state index contributed by atoms with van der Waals surface area (Å²) in [5.74, 6) is 0. The predicted molar refractivity (Wildman–Crippen MR) is 42.4 cm³/mol. The van der Waals surface area contributed by atoms with Crippen molar-refractivity contribution in [2.75, 3.05) is 13.1 Å². The molecule has 0 amide bonds. The molecule has 1 saturated heterocycles. The lowest BCUT2D eigenvalue weighted by atomic mass is 10.4. The van der Waals surface area contributed by atoms with E-state index in [0.717, 1.165) is 0 Å². The molecule has 0 aromatic heterocycles. The summed E-state index contributed by atoms with van der Waals surface area (Å²) in [7, 11) is 0. The van der Waals surface area contributed by atoms with E-state index in [1.54, 1.807) is 0 Å². The Bertz CT molecular complexity index is 63.0. The second-order valence-corrected chi connectivity index (χ2v) is 1.93. The highest BCUT2D eigenvalue weighted by Gasteiger charge is 2.04. The molecule has 0 bridgehead atoms. The molecule has 0 unspecified atom stereocenters. The average molecular weight is 127 g/mol. The van der Waals surface area contributed by atoms with Gasteiger partial charge in [-0.3, -0.25) is 0 Å². The largest absolute Gasteiger partial charge is 0.378 e. The molecule has 1 aliphatic rings. The zero-order valence-corrected chi connectivity index (χ0v) is 6.56. The van der Waals surface area contributed by atoms with Crippen molar-refractivity contribution < 1.29 is 0 Å². The molecule has 1 aliphatic heterocycles. The van der Waals surface area contributed by atoms with Crippen molar-refractivity contribution >= 4 is 0 Å². The van der Waals surface area contributed by atoms with E-state index >= 15 is 0 Å². The fraction of sp³-hybridized carbons (Fsp3) is 0.750. The van der Waals surface area contributed by atoms with Crippen LogP contribution in [0.3, 0.4) is 0 Å². The quantitative estimate of drug-likeness (QED) is 0.522. The third-order valence-corrected chi connectivity index (χ3v) is 1.40. The molecular weight excluding hydrogens is 110 g/mol. The van der Waals surface area contributed by atoms with Crippen LogP contribution in [0.2, 0.25) is 0 Å². The van der Waals surface area contributed by atoms with Gasteiger partial charge >= 0.3 is 0 Å². The van der Waals surface area contributed by atoms with Gasteiger partial charge in [0.1, 0.15) is 0 Å². The van der Waals surface area contributed by atoms with Crippen molar-refractivity contribution in [2.24, 2.45) is 0 Å². The highest BCUT2D eigenvalue weighted by atomic mass is 15.1. The monoisotopic (exact) mass is 127 g/mol. The molecule has 0 aromatic rings. The zero-order valence-electron chi connectivity index (χ0n) is 6.56. The molecule has 9 heavy (non-hydrogen) atoms.